The molecule has 0 saturated heterocycles. The molecule has 152 valence electrons. The zero-order valence-corrected chi connectivity index (χ0v) is 16.1. The molecule has 4 rings (SSSR count). The standard InChI is InChI=1S/C20H22F2N6O/c1-26-16-6-7-24-11-17(16)28(20(26)29)12-19-25-14-9-13(10-23)4-5-15(14)27(19)8-2-3-18(21)22/h4-7,9,11,18H,2-3,8,10,12,23H2,1H3. The maximum absolute atomic E-state index is 12.8. The summed E-state index contributed by atoms with van der Waals surface area (Å²) in [7, 11) is 1.71. The van der Waals surface area contributed by atoms with Crippen LogP contribution in [0.2, 0.25) is 0 Å². The fourth-order valence-electron chi connectivity index (χ4n) is 3.68. The number of benzene rings is 1. The zero-order valence-electron chi connectivity index (χ0n) is 16.1. The van der Waals surface area contributed by atoms with Crippen molar-refractivity contribution in [2.75, 3.05) is 0 Å². The number of nitrogens with zero attached hydrogens (tertiary/aromatic N) is 5. The number of pyridine rings is 1. The Balaban J connectivity index is 1.80. The van der Waals surface area contributed by atoms with Crippen LogP contribution in [-0.4, -0.2) is 30.1 Å². The maximum Gasteiger partial charge on any atom is 0.329 e. The Morgan fingerprint density at radius 2 is 1.97 bits per heavy atom. The molecule has 9 heteroatoms. The number of nitrogens with two attached hydrogens (primary N) is 1. The van der Waals surface area contributed by atoms with Crippen molar-refractivity contribution in [3.05, 3.63) is 58.5 Å². The minimum absolute atomic E-state index is 0.179. The van der Waals surface area contributed by atoms with E-state index in [1.54, 1.807) is 34.6 Å². The van der Waals surface area contributed by atoms with Crippen LogP contribution in [-0.2, 0) is 26.7 Å². The van der Waals surface area contributed by atoms with Gasteiger partial charge in [0.2, 0.25) is 6.43 Å². The third kappa shape index (κ3) is 3.53. The highest BCUT2D eigenvalue weighted by Crippen LogP contribution is 2.21. The first-order chi connectivity index (χ1) is 14.0. The monoisotopic (exact) mass is 400 g/mol. The Hall–Kier alpha value is -3.07. The lowest BCUT2D eigenvalue weighted by Crippen LogP contribution is -2.24. The molecule has 0 spiro atoms. The van der Waals surface area contributed by atoms with Crippen molar-refractivity contribution in [2.24, 2.45) is 12.8 Å². The number of fused-ring (bicyclic) bond motifs is 2. The summed E-state index contributed by atoms with van der Waals surface area (Å²) < 4.78 is 30.4. The van der Waals surface area contributed by atoms with Crippen molar-refractivity contribution in [1.82, 2.24) is 23.7 Å². The van der Waals surface area contributed by atoms with Gasteiger partial charge in [-0.1, -0.05) is 6.07 Å². The lowest BCUT2D eigenvalue weighted by Gasteiger charge is -2.10. The lowest BCUT2D eigenvalue weighted by atomic mass is 10.2. The van der Waals surface area contributed by atoms with E-state index in [1.807, 2.05) is 22.8 Å². The zero-order chi connectivity index (χ0) is 20.5. The molecule has 0 amide bonds. The van der Waals surface area contributed by atoms with Crippen LogP contribution in [0, 0.1) is 0 Å². The van der Waals surface area contributed by atoms with E-state index in [0.717, 1.165) is 22.1 Å². The molecule has 2 N–H and O–H groups in total. The topological polar surface area (TPSA) is 83.7 Å². The van der Waals surface area contributed by atoms with Gasteiger partial charge in [-0.25, -0.2) is 18.6 Å². The molecule has 0 bridgehead atoms. The Morgan fingerprint density at radius 3 is 2.72 bits per heavy atom. The molecule has 3 aromatic heterocycles. The van der Waals surface area contributed by atoms with Crippen molar-refractivity contribution in [2.45, 2.75) is 38.9 Å². The summed E-state index contributed by atoms with van der Waals surface area (Å²) in [5, 5.41) is 0. The molecule has 4 aromatic rings. The summed E-state index contributed by atoms with van der Waals surface area (Å²) in [6, 6.07) is 7.50. The molecule has 0 saturated carbocycles. The minimum atomic E-state index is -2.34. The normalized spacial score (nSPS) is 11.9. The van der Waals surface area contributed by atoms with E-state index in [2.05, 4.69) is 4.98 Å². The predicted octanol–water partition coefficient (Wildman–Crippen LogP) is 2.64. The second-order valence-corrected chi connectivity index (χ2v) is 7.03. The van der Waals surface area contributed by atoms with Crippen LogP contribution in [0.1, 0.15) is 24.2 Å². The van der Waals surface area contributed by atoms with Crippen molar-refractivity contribution >= 4 is 22.1 Å². The minimum Gasteiger partial charge on any atom is -0.326 e. The highest BCUT2D eigenvalue weighted by molar-refractivity contribution is 5.77. The number of aromatic nitrogens is 5. The quantitative estimate of drug-likeness (QED) is 0.517. The molecule has 0 aliphatic heterocycles. The van der Waals surface area contributed by atoms with Crippen LogP contribution >= 0.6 is 0 Å². The summed E-state index contributed by atoms with van der Waals surface area (Å²) in [4.78, 5) is 21.6. The van der Waals surface area contributed by atoms with Crippen LogP contribution in [0.4, 0.5) is 8.78 Å². The number of imidazole rings is 2. The Morgan fingerprint density at radius 1 is 1.14 bits per heavy atom. The van der Waals surface area contributed by atoms with Gasteiger partial charge in [0.05, 0.1) is 34.8 Å². The van der Waals surface area contributed by atoms with Gasteiger partial charge < -0.3 is 10.3 Å². The Kier molecular flexibility index (Phi) is 5.14. The molecule has 29 heavy (non-hydrogen) atoms. The molecule has 0 aliphatic rings. The van der Waals surface area contributed by atoms with Crippen LogP contribution in [0.3, 0.4) is 0 Å². The fraction of sp³-hybridized carbons (Fsp3) is 0.350. The lowest BCUT2D eigenvalue weighted by molar-refractivity contribution is 0.133. The van der Waals surface area contributed by atoms with Gasteiger partial charge in [0.25, 0.3) is 0 Å². The Bertz CT molecular complexity index is 1220. The van der Waals surface area contributed by atoms with Crippen molar-refractivity contribution < 1.29 is 8.78 Å². The van der Waals surface area contributed by atoms with Crippen LogP contribution < -0.4 is 11.4 Å². The summed E-state index contributed by atoms with van der Waals surface area (Å²) in [5.74, 6) is 0.641. The molecule has 0 fully saturated rings. The highest BCUT2D eigenvalue weighted by Gasteiger charge is 2.17. The first-order valence-corrected chi connectivity index (χ1v) is 9.45. The van der Waals surface area contributed by atoms with Crippen molar-refractivity contribution in [3.8, 4) is 0 Å². The molecule has 0 aliphatic carbocycles. The van der Waals surface area contributed by atoms with Gasteiger partial charge in [-0.15, -0.1) is 0 Å². The van der Waals surface area contributed by atoms with Crippen LogP contribution in [0.15, 0.2) is 41.5 Å². The van der Waals surface area contributed by atoms with Gasteiger partial charge >= 0.3 is 5.69 Å². The number of rotatable bonds is 7. The highest BCUT2D eigenvalue weighted by atomic mass is 19.3. The number of aryl methyl sites for hydroxylation is 2. The summed E-state index contributed by atoms with van der Waals surface area (Å²) in [6.07, 6.45) is 1.08. The van der Waals surface area contributed by atoms with E-state index >= 15 is 0 Å². The van der Waals surface area contributed by atoms with E-state index in [4.69, 9.17) is 10.7 Å². The van der Waals surface area contributed by atoms with Gasteiger partial charge in [-0.05, 0) is 30.2 Å². The summed E-state index contributed by atoms with van der Waals surface area (Å²) in [5.41, 5.74) is 9.56. The van der Waals surface area contributed by atoms with Gasteiger partial charge in [0.1, 0.15) is 5.82 Å². The smallest absolute Gasteiger partial charge is 0.326 e. The van der Waals surface area contributed by atoms with E-state index in [0.29, 0.717) is 30.9 Å². The number of hydrogen-bond donors (Lipinski definition) is 1. The molecular formula is C20H22F2N6O. The van der Waals surface area contributed by atoms with Gasteiger partial charge in [0, 0.05) is 32.8 Å². The average Bonchev–Trinajstić information content (AvgIpc) is 3.18. The molecule has 1 aromatic carbocycles. The SMILES string of the molecule is Cn1c(=O)n(Cc2nc3cc(CN)ccc3n2CCCC(F)F)c2cnccc21. The molecule has 7 nitrogen and oxygen atoms in total. The van der Waals surface area contributed by atoms with E-state index in [9.17, 15) is 13.6 Å². The van der Waals surface area contributed by atoms with E-state index in [-0.39, 0.29) is 18.7 Å². The number of hydrogen-bond acceptors (Lipinski definition) is 4. The largest absolute Gasteiger partial charge is 0.329 e. The van der Waals surface area contributed by atoms with E-state index < -0.39 is 6.43 Å². The summed E-state index contributed by atoms with van der Waals surface area (Å²) >= 11 is 0. The third-order valence-electron chi connectivity index (χ3n) is 5.18. The van der Waals surface area contributed by atoms with Crippen molar-refractivity contribution in [1.29, 1.82) is 0 Å². The average molecular weight is 400 g/mol. The van der Waals surface area contributed by atoms with Gasteiger partial charge in [0.15, 0.2) is 0 Å². The van der Waals surface area contributed by atoms with Crippen molar-refractivity contribution in [3.63, 3.8) is 0 Å². The van der Waals surface area contributed by atoms with Crippen LogP contribution in [0.5, 0.6) is 0 Å². The maximum atomic E-state index is 12.8. The molecule has 0 unspecified atom stereocenters. The third-order valence-corrected chi connectivity index (χ3v) is 5.18. The van der Waals surface area contributed by atoms with E-state index in [1.165, 1.54) is 0 Å². The first kappa shape index (κ1) is 19.3. The molecular weight excluding hydrogens is 378 g/mol. The number of alkyl halides is 2. The predicted molar refractivity (Wildman–Crippen MR) is 107 cm³/mol. The van der Waals surface area contributed by atoms with Crippen LogP contribution in [0.25, 0.3) is 22.1 Å². The second kappa shape index (κ2) is 7.75. The fourth-order valence-corrected chi connectivity index (χ4v) is 3.68. The first-order valence-electron chi connectivity index (χ1n) is 9.45. The second-order valence-electron chi connectivity index (χ2n) is 7.03. The van der Waals surface area contributed by atoms with Gasteiger partial charge in [-0.2, -0.15) is 0 Å². The molecule has 0 atom stereocenters. The molecule has 3 heterocycles. The Labute approximate surface area is 165 Å². The molecule has 0 radical (unpaired) electrons. The van der Waals surface area contributed by atoms with Gasteiger partial charge in [-0.3, -0.25) is 14.1 Å². The number of halogens is 2. The summed E-state index contributed by atoms with van der Waals surface area (Å²) in [6.45, 7) is 1.01.